The number of carbonyl (C=O) groups excluding carboxylic acids is 1. The molecule has 0 radical (unpaired) electrons. The largest absolute Gasteiger partial charge is 0.481 e. The number of rotatable bonds is 8. The molecule has 0 aliphatic heterocycles. The predicted octanol–water partition coefficient (Wildman–Crippen LogP) is 3.08. The molecule has 0 aliphatic rings. The van der Waals surface area contributed by atoms with E-state index in [0.29, 0.717) is 18.9 Å². The summed E-state index contributed by atoms with van der Waals surface area (Å²) in [7, 11) is 0. The molecule has 2 N–H and O–H groups in total. The fourth-order valence-electron chi connectivity index (χ4n) is 1.72. The monoisotopic (exact) mass is 295 g/mol. The van der Waals surface area contributed by atoms with Gasteiger partial charge in [0, 0.05) is 28.8 Å². The van der Waals surface area contributed by atoms with Crippen molar-refractivity contribution in [1.29, 1.82) is 0 Å². The summed E-state index contributed by atoms with van der Waals surface area (Å²) in [6, 6.07) is 4.00. The molecule has 0 bridgehead atoms. The molecule has 0 saturated carbocycles. The van der Waals surface area contributed by atoms with E-state index < -0.39 is 5.97 Å². The average Bonchev–Trinajstić information content (AvgIpc) is 2.80. The van der Waals surface area contributed by atoms with Crippen molar-refractivity contribution in [2.24, 2.45) is 5.92 Å². The van der Waals surface area contributed by atoms with Gasteiger partial charge in [0.25, 0.3) is 0 Å². The van der Waals surface area contributed by atoms with Crippen molar-refractivity contribution in [1.82, 2.24) is 5.32 Å². The van der Waals surface area contributed by atoms with Crippen LogP contribution in [0.5, 0.6) is 0 Å². The van der Waals surface area contributed by atoms with Crippen LogP contribution in [0, 0.1) is 12.8 Å². The second-order valence-corrected chi connectivity index (χ2v) is 6.22. The molecule has 1 aromatic rings. The number of thiophene rings is 1. The molecule has 1 unspecified atom stereocenters. The molecule has 0 aliphatic carbocycles. The van der Waals surface area contributed by atoms with Gasteiger partial charge >= 0.3 is 5.97 Å². The maximum Gasteiger partial charge on any atom is 0.303 e. The zero-order chi connectivity index (χ0) is 15.0. The topological polar surface area (TPSA) is 66.4 Å². The van der Waals surface area contributed by atoms with Gasteiger partial charge in [0.2, 0.25) is 5.91 Å². The summed E-state index contributed by atoms with van der Waals surface area (Å²) in [4.78, 5) is 24.3. The molecule has 0 fully saturated rings. The first-order valence-electron chi connectivity index (χ1n) is 6.71. The molecule has 110 valence electrons. The quantitative estimate of drug-likeness (QED) is 0.724. The molecule has 4 nitrogen and oxygen atoms in total. The fourth-order valence-corrected chi connectivity index (χ4v) is 2.50. The van der Waals surface area contributed by atoms with Gasteiger partial charge in [0.1, 0.15) is 0 Å². The van der Waals surface area contributed by atoms with E-state index in [4.69, 9.17) is 5.11 Å². The Labute approximate surface area is 123 Å². The first-order valence-corrected chi connectivity index (χ1v) is 7.53. The van der Waals surface area contributed by atoms with E-state index in [-0.39, 0.29) is 12.3 Å². The summed E-state index contributed by atoms with van der Waals surface area (Å²) in [6.07, 6.45) is 4.97. The minimum Gasteiger partial charge on any atom is -0.481 e. The van der Waals surface area contributed by atoms with E-state index in [1.165, 1.54) is 11.0 Å². The lowest BCUT2D eigenvalue weighted by Crippen LogP contribution is -2.23. The number of carboxylic acid groups (broad SMARTS) is 1. The van der Waals surface area contributed by atoms with E-state index in [1.807, 2.05) is 26.0 Å². The molecule has 1 aromatic heterocycles. The molecule has 0 aromatic carbocycles. The molecular formula is C15H21NO3S. The third-order valence-corrected chi connectivity index (χ3v) is 3.91. The summed E-state index contributed by atoms with van der Waals surface area (Å²) >= 11 is 1.65. The van der Waals surface area contributed by atoms with Gasteiger partial charge in [-0.2, -0.15) is 0 Å². The van der Waals surface area contributed by atoms with Crippen LogP contribution in [-0.4, -0.2) is 23.5 Å². The Bertz CT molecular complexity index is 479. The minimum absolute atomic E-state index is 0.110. The number of carbonyl (C=O) groups is 2. The number of aryl methyl sites for hydroxylation is 1. The fraction of sp³-hybridized carbons (Fsp3) is 0.467. The third-order valence-electron chi connectivity index (χ3n) is 2.95. The van der Waals surface area contributed by atoms with E-state index in [2.05, 4.69) is 5.32 Å². The molecule has 0 saturated heterocycles. The van der Waals surface area contributed by atoms with Gasteiger partial charge < -0.3 is 10.4 Å². The van der Waals surface area contributed by atoms with Crippen molar-refractivity contribution in [3.63, 3.8) is 0 Å². The average molecular weight is 295 g/mol. The zero-order valence-corrected chi connectivity index (χ0v) is 12.7. The van der Waals surface area contributed by atoms with E-state index in [9.17, 15) is 9.59 Å². The van der Waals surface area contributed by atoms with Gasteiger partial charge in [0.05, 0.1) is 0 Å². The van der Waals surface area contributed by atoms with Crippen LogP contribution < -0.4 is 5.32 Å². The molecular weight excluding hydrogens is 274 g/mol. The van der Waals surface area contributed by atoms with Gasteiger partial charge in [-0.15, -0.1) is 11.3 Å². The van der Waals surface area contributed by atoms with Gasteiger partial charge in [-0.3, -0.25) is 9.59 Å². The molecule has 1 rings (SSSR count). The summed E-state index contributed by atoms with van der Waals surface area (Å²) in [5, 5.41) is 11.4. The molecule has 0 spiro atoms. The lowest BCUT2D eigenvalue weighted by Gasteiger charge is -2.09. The van der Waals surface area contributed by atoms with E-state index in [1.54, 1.807) is 17.4 Å². The first kappa shape index (κ1) is 16.4. The third kappa shape index (κ3) is 7.09. The van der Waals surface area contributed by atoms with Crippen LogP contribution in [0.3, 0.4) is 0 Å². The zero-order valence-electron chi connectivity index (χ0n) is 11.9. The number of amides is 1. The lowest BCUT2D eigenvalue weighted by molar-refractivity contribution is -0.137. The Hall–Kier alpha value is -1.62. The van der Waals surface area contributed by atoms with Gasteiger partial charge in [0.15, 0.2) is 0 Å². The Balaban J connectivity index is 2.20. The highest BCUT2D eigenvalue weighted by Crippen LogP contribution is 2.16. The van der Waals surface area contributed by atoms with Crippen LogP contribution >= 0.6 is 11.3 Å². The van der Waals surface area contributed by atoms with Gasteiger partial charge in [-0.25, -0.2) is 0 Å². The van der Waals surface area contributed by atoms with Crippen LogP contribution in [0.25, 0.3) is 6.08 Å². The van der Waals surface area contributed by atoms with Crippen LogP contribution in [0.15, 0.2) is 18.2 Å². The van der Waals surface area contributed by atoms with Gasteiger partial charge in [-0.05, 0) is 43.9 Å². The highest BCUT2D eigenvalue weighted by molar-refractivity contribution is 7.12. The molecule has 1 heterocycles. The highest BCUT2D eigenvalue weighted by Gasteiger charge is 2.05. The Morgan fingerprint density at radius 1 is 1.40 bits per heavy atom. The molecule has 20 heavy (non-hydrogen) atoms. The predicted molar refractivity (Wildman–Crippen MR) is 81.8 cm³/mol. The van der Waals surface area contributed by atoms with Crippen LogP contribution in [0.4, 0.5) is 0 Å². The SMILES string of the molecule is Cc1ccc(C=CC(=O)NCCC(C)CCC(=O)O)s1. The molecule has 1 atom stereocenters. The summed E-state index contributed by atoms with van der Waals surface area (Å²) in [5.41, 5.74) is 0. The van der Waals surface area contributed by atoms with Crippen LogP contribution in [0.2, 0.25) is 0 Å². The minimum atomic E-state index is -0.768. The van der Waals surface area contributed by atoms with Crippen LogP contribution in [0.1, 0.15) is 35.9 Å². The van der Waals surface area contributed by atoms with Crippen molar-refractivity contribution in [3.05, 3.63) is 28.0 Å². The summed E-state index contributed by atoms with van der Waals surface area (Å²) < 4.78 is 0. The maximum absolute atomic E-state index is 11.6. The molecule has 5 heteroatoms. The van der Waals surface area contributed by atoms with Crippen LogP contribution in [-0.2, 0) is 9.59 Å². The summed E-state index contributed by atoms with van der Waals surface area (Å²) in [6.45, 7) is 4.60. The van der Waals surface area contributed by atoms with Crippen molar-refractivity contribution < 1.29 is 14.7 Å². The number of carboxylic acids is 1. The summed E-state index contributed by atoms with van der Waals surface area (Å²) in [5.74, 6) is -0.577. The standard InChI is InChI=1S/C15H21NO3S/c1-11(3-8-15(18)19)9-10-16-14(17)7-6-13-5-4-12(2)20-13/h4-7,11H,3,8-10H2,1-2H3,(H,16,17)(H,18,19). The number of nitrogens with one attached hydrogen (secondary N) is 1. The smallest absolute Gasteiger partial charge is 0.303 e. The van der Waals surface area contributed by atoms with Crippen molar-refractivity contribution in [2.75, 3.05) is 6.54 Å². The van der Waals surface area contributed by atoms with Gasteiger partial charge in [-0.1, -0.05) is 6.92 Å². The first-order chi connectivity index (χ1) is 9.47. The number of hydrogen-bond donors (Lipinski definition) is 2. The second-order valence-electron chi connectivity index (χ2n) is 4.90. The van der Waals surface area contributed by atoms with E-state index in [0.717, 1.165) is 11.3 Å². The maximum atomic E-state index is 11.6. The molecule has 1 amide bonds. The number of aliphatic carboxylic acids is 1. The Kier molecular flexibility index (Phi) is 7.01. The van der Waals surface area contributed by atoms with Crippen molar-refractivity contribution in [3.8, 4) is 0 Å². The normalized spacial score (nSPS) is 12.5. The second kappa shape index (κ2) is 8.53. The Morgan fingerprint density at radius 3 is 2.75 bits per heavy atom. The highest BCUT2D eigenvalue weighted by atomic mass is 32.1. The Morgan fingerprint density at radius 2 is 2.15 bits per heavy atom. The van der Waals surface area contributed by atoms with Crippen molar-refractivity contribution >= 4 is 29.3 Å². The van der Waals surface area contributed by atoms with E-state index >= 15 is 0 Å². The van der Waals surface area contributed by atoms with Crippen molar-refractivity contribution in [2.45, 2.75) is 33.1 Å². The lowest BCUT2D eigenvalue weighted by atomic mass is 10.0. The number of hydrogen-bond acceptors (Lipinski definition) is 3.